The highest BCUT2D eigenvalue weighted by atomic mass is 16.5. The molecule has 212 valence electrons. The highest BCUT2D eigenvalue weighted by Crippen LogP contribution is 2.74. The lowest BCUT2D eigenvalue weighted by Gasteiger charge is -2.69. The van der Waals surface area contributed by atoms with Crippen molar-refractivity contribution in [1.82, 2.24) is 0 Å². The average molecular weight is 528 g/mol. The molecule has 0 unspecified atom stereocenters. The lowest BCUT2D eigenvalue weighted by Crippen LogP contribution is -2.68. The summed E-state index contributed by atoms with van der Waals surface area (Å²) in [6.07, 6.45) is 7.81. The summed E-state index contributed by atoms with van der Waals surface area (Å²) in [5.74, 6) is -0.147. The molecule has 0 aromatic carbocycles. The minimum absolute atomic E-state index is 0.00433. The van der Waals surface area contributed by atoms with Crippen LogP contribution >= 0.6 is 0 Å². The number of aliphatic hydroxyl groups is 2. The van der Waals surface area contributed by atoms with Crippen LogP contribution < -0.4 is 5.73 Å². The summed E-state index contributed by atoms with van der Waals surface area (Å²) in [7, 11) is 0. The minimum Gasteiger partial charge on any atom is -0.458 e. The van der Waals surface area contributed by atoms with Crippen molar-refractivity contribution in [3.63, 3.8) is 0 Å². The van der Waals surface area contributed by atoms with E-state index < -0.39 is 18.3 Å². The lowest BCUT2D eigenvalue weighted by molar-refractivity contribution is -0.236. The molecule has 0 spiro atoms. The Kier molecular flexibility index (Phi) is 7.70. The Morgan fingerprint density at radius 3 is 2.29 bits per heavy atom. The summed E-state index contributed by atoms with van der Waals surface area (Å²) in [5.41, 5.74) is 8.33. The number of esters is 1. The van der Waals surface area contributed by atoms with Crippen molar-refractivity contribution in [1.29, 1.82) is 0 Å². The SMILES string of the molecule is CC(=O)O[C@H]1C[C@@]2(C)[C@@H](C[C@@H](O)[C@H]3[C@@]4(C)C[C@H](N)[C@@H](O)[C@@H](C)[C@@H]4CC[C@@]32C)/C1=C(\C=C/C=C(C)C)C(C)=O. The van der Waals surface area contributed by atoms with Crippen LogP contribution in [0.5, 0.6) is 0 Å². The Labute approximate surface area is 228 Å². The number of rotatable bonds is 4. The number of Topliss-reactive ketones (excluding diaryl/α,β-unsaturated/α-hetero) is 1. The van der Waals surface area contributed by atoms with Crippen LogP contribution in [0.1, 0.15) is 87.5 Å². The molecule has 4 fully saturated rings. The van der Waals surface area contributed by atoms with E-state index in [1.165, 1.54) is 6.92 Å². The van der Waals surface area contributed by atoms with Crippen molar-refractivity contribution in [2.45, 2.75) is 112 Å². The minimum atomic E-state index is -0.582. The maximum Gasteiger partial charge on any atom is 0.303 e. The molecule has 0 bridgehead atoms. The molecular formula is C32H49NO5. The fraction of sp³-hybridized carbons (Fsp3) is 0.750. The van der Waals surface area contributed by atoms with Crippen LogP contribution in [0, 0.1) is 39.9 Å². The van der Waals surface area contributed by atoms with Gasteiger partial charge in [0.2, 0.25) is 0 Å². The van der Waals surface area contributed by atoms with Crippen LogP contribution in [0.25, 0.3) is 0 Å². The third-order valence-corrected chi connectivity index (χ3v) is 11.5. The zero-order valence-electron chi connectivity index (χ0n) is 24.6. The molecule has 4 aliphatic rings. The quantitative estimate of drug-likeness (QED) is 0.273. The van der Waals surface area contributed by atoms with E-state index >= 15 is 0 Å². The standard InChI is InChI=1S/C32H49NO5/c1-17(2)10-9-11-21(19(4)34)27-23-14-25(36)29-30(6)15-24(33)28(37)18(3)22(30)12-13-31(29,7)32(23,8)16-26(27)38-20(5)35/h9-11,18,22-26,28-29,36-37H,12-16,33H2,1-8H3/b11-9-,27-21-/t18-,22-,23-,24-,25+,26-,28-,29-,30-,31-,32-/m0/s1. The first-order valence-corrected chi connectivity index (χ1v) is 14.4. The molecule has 11 atom stereocenters. The van der Waals surface area contributed by atoms with E-state index in [-0.39, 0.29) is 57.7 Å². The maximum absolute atomic E-state index is 13.0. The number of aliphatic hydroxyl groups excluding tert-OH is 2. The summed E-state index contributed by atoms with van der Waals surface area (Å²) >= 11 is 0. The van der Waals surface area contributed by atoms with Gasteiger partial charge in [-0.1, -0.05) is 51.5 Å². The van der Waals surface area contributed by atoms with E-state index in [1.54, 1.807) is 6.92 Å². The van der Waals surface area contributed by atoms with Gasteiger partial charge in [0.15, 0.2) is 5.78 Å². The summed E-state index contributed by atoms with van der Waals surface area (Å²) in [4.78, 5) is 25.3. The van der Waals surface area contributed by atoms with Gasteiger partial charge in [-0.15, -0.1) is 0 Å². The Balaban J connectivity index is 1.87. The third-order valence-electron chi connectivity index (χ3n) is 11.5. The maximum atomic E-state index is 13.0. The Hall–Kier alpha value is -1.76. The van der Waals surface area contributed by atoms with Gasteiger partial charge in [-0.2, -0.15) is 0 Å². The van der Waals surface area contributed by atoms with Crippen molar-refractivity contribution in [3.05, 3.63) is 34.9 Å². The highest BCUT2D eigenvalue weighted by Gasteiger charge is 2.71. The normalized spacial score (nSPS) is 47.6. The molecule has 0 aromatic rings. The second-order valence-corrected chi connectivity index (χ2v) is 13.9. The van der Waals surface area contributed by atoms with Crippen molar-refractivity contribution >= 4 is 11.8 Å². The first-order valence-electron chi connectivity index (χ1n) is 14.4. The monoisotopic (exact) mass is 527 g/mol. The van der Waals surface area contributed by atoms with E-state index in [9.17, 15) is 19.8 Å². The average Bonchev–Trinajstić information content (AvgIpc) is 3.06. The first-order chi connectivity index (χ1) is 17.6. The molecule has 0 aromatic heterocycles. The number of hydrogen-bond donors (Lipinski definition) is 3. The zero-order chi connectivity index (χ0) is 28.4. The molecule has 0 radical (unpaired) electrons. The summed E-state index contributed by atoms with van der Waals surface area (Å²) in [5, 5.41) is 22.8. The predicted octanol–water partition coefficient (Wildman–Crippen LogP) is 4.88. The molecule has 38 heavy (non-hydrogen) atoms. The van der Waals surface area contributed by atoms with E-state index in [1.807, 2.05) is 32.1 Å². The molecule has 6 nitrogen and oxygen atoms in total. The molecule has 0 saturated heterocycles. The van der Waals surface area contributed by atoms with Gasteiger partial charge in [0, 0.05) is 18.5 Å². The van der Waals surface area contributed by atoms with Gasteiger partial charge < -0.3 is 20.7 Å². The van der Waals surface area contributed by atoms with Gasteiger partial charge in [-0.25, -0.2) is 0 Å². The molecular weight excluding hydrogens is 478 g/mol. The fourth-order valence-electron chi connectivity index (χ4n) is 9.82. The van der Waals surface area contributed by atoms with Gasteiger partial charge in [0.05, 0.1) is 12.2 Å². The number of hydrogen-bond acceptors (Lipinski definition) is 6. The lowest BCUT2D eigenvalue weighted by atomic mass is 9.36. The second-order valence-electron chi connectivity index (χ2n) is 13.9. The fourth-order valence-corrected chi connectivity index (χ4v) is 9.82. The summed E-state index contributed by atoms with van der Waals surface area (Å²) in [6, 6.07) is -0.316. The third kappa shape index (κ3) is 4.35. The number of carbonyl (C=O) groups excluding carboxylic acids is 2. The molecule has 0 aliphatic heterocycles. The Morgan fingerprint density at radius 1 is 1.05 bits per heavy atom. The van der Waals surface area contributed by atoms with Crippen molar-refractivity contribution < 1.29 is 24.5 Å². The van der Waals surface area contributed by atoms with Crippen LogP contribution in [0.2, 0.25) is 0 Å². The zero-order valence-corrected chi connectivity index (χ0v) is 24.6. The van der Waals surface area contributed by atoms with E-state index in [4.69, 9.17) is 10.5 Å². The van der Waals surface area contributed by atoms with Crippen LogP contribution in [-0.2, 0) is 14.3 Å². The molecule has 4 saturated carbocycles. The number of carbonyl (C=O) groups is 2. The van der Waals surface area contributed by atoms with Crippen LogP contribution in [-0.4, -0.2) is 46.3 Å². The smallest absolute Gasteiger partial charge is 0.303 e. The highest BCUT2D eigenvalue weighted by molar-refractivity contribution is 5.97. The molecule has 6 heteroatoms. The molecule has 0 heterocycles. The topological polar surface area (TPSA) is 110 Å². The largest absolute Gasteiger partial charge is 0.458 e. The van der Waals surface area contributed by atoms with Crippen molar-refractivity contribution in [2.75, 3.05) is 0 Å². The van der Waals surface area contributed by atoms with Gasteiger partial charge in [0.25, 0.3) is 0 Å². The Bertz CT molecular complexity index is 1070. The van der Waals surface area contributed by atoms with Gasteiger partial charge in [0.1, 0.15) is 6.10 Å². The summed E-state index contributed by atoms with van der Waals surface area (Å²) in [6.45, 7) is 16.0. The van der Waals surface area contributed by atoms with Crippen LogP contribution in [0.4, 0.5) is 0 Å². The molecule has 4 N–H and O–H groups in total. The number of ether oxygens (including phenoxy) is 1. The van der Waals surface area contributed by atoms with Crippen molar-refractivity contribution in [3.8, 4) is 0 Å². The second kappa shape index (κ2) is 10.0. The molecule has 4 rings (SSSR count). The number of allylic oxidation sites excluding steroid dienone is 5. The van der Waals surface area contributed by atoms with E-state index in [0.29, 0.717) is 24.8 Å². The van der Waals surface area contributed by atoms with E-state index in [0.717, 1.165) is 24.0 Å². The first kappa shape index (κ1) is 29.2. The predicted molar refractivity (Wildman–Crippen MR) is 149 cm³/mol. The molecule has 0 amide bonds. The van der Waals surface area contributed by atoms with Gasteiger partial charge in [-0.05, 0) is 98.4 Å². The van der Waals surface area contributed by atoms with Crippen LogP contribution in [0.15, 0.2) is 34.9 Å². The van der Waals surface area contributed by atoms with Crippen LogP contribution in [0.3, 0.4) is 0 Å². The molecule has 4 aliphatic carbocycles. The summed E-state index contributed by atoms with van der Waals surface area (Å²) < 4.78 is 5.95. The van der Waals surface area contributed by atoms with Gasteiger partial charge >= 0.3 is 5.97 Å². The Morgan fingerprint density at radius 2 is 1.71 bits per heavy atom. The number of fused-ring (bicyclic) bond motifs is 5. The van der Waals surface area contributed by atoms with Crippen molar-refractivity contribution in [2.24, 2.45) is 45.7 Å². The van der Waals surface area contributed by atoms with E-state index in [2.05, 4.69) is 27.7 Å². The number of ketones is 1. The number of nitrogens with two attached hydrogens (primary N) is 1. The van der Waals surface area contributed by atoms with Gasteiger partial charge in [-0.3, -0.25) is 9.59 Å².